The topological polar surface area (TPSA) is 90.5 Å². The zero-order chi connectivity index (χ0) is 24.0. The molecular weight excluding hydrogens is 426 g/mol. The van der Waals surface area contributed by atoms with Crippen LogP contribution in [-0.2, 0) is 16.0 Å². The van der Waals surface area contributed by atoms with E-state index in [0.29, 0.717) is 13.0 Å². The second-order valence-electron chi connectivity index (χ2n) is 8.98. The summed E-state index contributed by atoms with van der Waals surface area (Å²) in [6.07, 6.45) is 18.8. The van der Waals surface area contributed by atoms with E-state index in [-0.39, 0.29) is 0 Å². The third kappa shape index (κ3) is 8.73. The molecule has 2 aromatic rings. The lowest BCUT2D eigenvalue weighted by Gasteiger charge is -2.05. The molecule has 0 bridgehead atoms. The number of nitrogens with zero attached hydrogens (tertiary/aromatic N) is 1. The van der Waals surface area contributed by atoms with Crippen molar-refractivity contribution in [1.82, 2.24) is 9.97 Å². The number of carboxylic acid groups (broad SMARTS) is 1. The van der Waals surface area contributed by atoms with Gasteiger partial charge in [-0.15, -0.1) is 0 Å². The molecule has 0 aromatic carbocycles. The Bertz CT molecular complexity index is 967. The fraction of sp³-hybridized carbons (Fsp3) is 0.500. The molecule has 184 valence electrons. The monoisotopic (exact) mass is 465 g/mol. The van der Waals surface area contributed by atoms with Crippen molar-refractivity contribution in [3.63, 3.8) is 0 Å². The van der Waals surface area contributed by atoms with Gasteiger partial charge in [0, 0.05) is 30.1 Å². The molecule has 6 heteroatoms. The summed E-state index contributed by atoms with van der Waals surface area (Å²) < 4.78 is 5.95. The second-order valence-corrected chi connectivity index (χ2v) is 8.98. The fourth-order valence-electron chi connectivity index (χ4n) is 4.14. The average molecular weight is 466 g/mol. The number of aliphatic carboxylic acids is 1. The minimum Gasteiger partial charge on any atom is -0.491 e. The van der Waals surface area contributed by atoms with Gasteiger partial charge in [-0.1, -0.05) is 51.9 Å². The number of allylic oxidation sites excluding steroid dienone is 1. The van der Waals surface area contributed by atoms with E-state index in [9.17, 15) is 4.79 Å². The molecule has 0 spiro atoms. The smallest absolute Gasteiger partial charge is 0.303 e. The Morgan fingerprint density at radius 1 is 1.03 bits per heavy atom. The molecule has 2 aromatic heterocycles. The predicted molar refractivity (Wildman–Crippen MR) is 138 cm³/mol. The van der Waals surface area contributed by atoms with Gasteiger partial charge in [0.1, 0.15) is 11.5 Å². The average Bonchev–Trinajstić information content (AvgIpc) is 3.58. The zero-order valence-electron chi connectivity index (χ0n) is 20.4. The maximum atomic E-state index is 10.5. The van der Waals surface area contributed by atoms with Crippen LogP contribution in [0.15, 0.2) is 53.0 Å². The van der Waals surface area contributed by atoms with Crippen molar-refractivity contribution in [2.24, 2.45) is 4.99 Å². The summed E-state index contributed by atoms with van der Waals surface area (Å²) in [6.45, 7) is 2.78. The minimum absolute atomic E-state index is 0.309. The number of rotatable bonds is 17. The van der Waals surface area contributed by atoms with Crippen molar-refractivity contribution in [2.45, 2.75) is 84.0 Å². The molecule has 0 saturated carbocycles. The van der Waals surface area contributed by atoms with Crippen LogP contribution in [0.3, 0.4) is 0 Å². The standard InChI is InChI=1S/C28H39N3O3/c1-2-19-34-27-21-25(24-14-12-18-29-24)31-26(27)20-23-17-16-22(30-23)13-10-8-6-4-3-5-7-9-11-15-28(32)33/h12,14,16-18,20-21,29-30H,2-11,13,15,19H2,1H3,(H,32,33). The highest BCUT2D eigenvalue weighted by molar-refractivity contribution is 6.11. The lowest BCUT2D eigenvalue weighted by atomic mass is 10.1. The first-order chi connectivity index (χ1) is 16.7. The molecule has 0 fully saturated rings. The largest absolute Gasteiger partial charge is 0.491 e. The van der Waals surface area contributed by atoms with E-state index in [0.717, 1.165) is 60.7 Å². The molecule has 0 radical (unpaired) electrons. The van der Waals surface area contributed by atoms with Gasteiger partial charge >= 0.3 is 5.97 Å². The normalized spacial score (nSPS) is 14.4. The minimum atomic E-state index is -0.679. The molecule has 3 heterocycles. The van der Waals surface area contributed by atoms with E-state index in [1.807, 2.05) is 24.4 Å². The summed E-state index contributed by atoms with van der Waals surface area (Å²) in [5.74, 6) is 0.145. The van der Waals surface area contributed by atoms with Crippen LogP contribution in [-0.4, -0.2) is 33.4 Å². The van der Waals surface area contributed by atoms with Crippen LogP contribution in [0.4, 0.5) is 0 Å². The molecular formula is C28H39N3O3. The number of ether oxygens (including phenoxy) is 1. The summed E-state index contributed by atoms with van der Waals surface area (Å²) in [4.78, 5) is 22.0. The Labute approximate surface area is 203 Å². The lowest BCUT2D eigenvalue weighted by Crippen LogP contribution is -1.95. The number of aliphatic imine (C=N–C) groups is 1. The van der Waals surface area contributed by atoms with Gasteiger partial charge in [0.05, 0.1) is 18.0 Å². The third-order valence-electron chi connectivity index (χ3n) is 5.99. The van der Waals surface area contributed by atoms with E-state index in [2.05, 4.69) is 35.1 Å². The van der Waals surface area contributed by atoms with Gasteiger partial charge < -0.3 is 19.8 Å². The van der Waals surface area contributed by atoms with Crippen molar-refractivity contribution < 1.29 is 14.6 Å². The number of hydrogen-bond acceptors (Lipinski definition) is 3. The first-order valence-electron chi connectivity index (χ1n) is 12.8. The molecule has 0 saturated heterocycles. The van der Waals surface area contributed by atoms with Crippen molar-refractivity contribution in [3.8, 4) is 0 Å². The molecule has 34 heavy (non-hydrogen) atoms. The summed E-state index contributed by atoms with van der Waals surface area (Å²) >= 11 is 0. The van der Waals surface area contributed by atoms with Gasteiger partial charge in [0.2, 0.25) is 0 Å². The number of aromatic nitrogens is 2. The van der Waals surface area contributed by atoms with Gasteiger partial charge in [0.15, 0.2) is 0 Å². The van der Waals surface area contributed by atoms with Gasteiger partial charge in [-0.3, -0.25) is 4.79 Å². The highest BCUT2D eigenvalue weighted by Gasteiger charge is 2.18. The third-order valence-corrected chi connectivity index (χ3v) is 5.99. The van der Waals surface area contributed by atoms with Crippen molar-refractivity contribution in [2.75, 3.05) is 6.61 Å². The fourth-order valence-corrected chi connectivity index (χ4v) is 4.14. The first kappa shape index (κ1) is 25.6. The number of hydrogen-bond donors (Lipinski definition) is 3. The van der Waals surface area contributed by atoms with Crippen LogP contribution in [0.5, 0.6) is 0 Å². The zero-order valence-corrected chi connectivity index (χ0v) is 20.4. The van der Waals surface area contributed by atoms with Crippen LogP contribution < -0.4 is 0 Å². The summed E-state index contributed by atoms with van der Waals surface area (Å²) in [5.41, 5.74) is 5.06. The number of nitrogens with one attached hydrogen (secondary N) is 2. The Morgan fingerprint density at radius 2 is 1.76 bits per heavy atom. The highest BCUT2D eigenvalue weighted by Crippen LogP contribution is 2.25. The maximum Gasteiger partial charge on any atom is 0.303 e. The molecule has 1 aliphatic rings. The number of carboxylic acids is 1. The van der Waals surface area contributed by atoms with Gasteiger partial charge in [-0.25, -0.2) is 4.99 Å². The van der Waals surface area contributed by atoms with E-state index in [1.54, 1.807) is 0 Å². The van der Waals surface area contributed by atoms with Gasteiger partial charge in [0.25, 0.3) is 0 Å². The summed E-state index contributed by atoms with van der Waals surface area (Å²) in [7, 11) is 0. The molecule has 1 aliphatic heterocycles. The Morgan fingerprint density at radius 3 is 2.44 bits per heavy atom. The van der Waals surface area contributed by atoms with Crippen LogP contribution in [0.1, 0.15) is 94.6 Å². The number of aromatic amines is 2. The Kier molecular flexibility index (Phi) is 10.8. The van der Waals surface area contributed by atoms with E-state index in [4.69, 9.17) is 14.8 Å². The predicted octanol–water partition coefficient (Wildman–Crippen LogP) is 7.03. The lowest BCUT2D eigenvalue weighted by molar-refractivity contribution is -0.137. The van der Waals surface area contributed by atoms with E-state index < -0.39 is 5.97 Å². The van der Waals surface area contributed by atoms with Crippen LogP contribution in [0.25, 0.3) is 6.08 Å². The van der Waals surface area contributed by atoms with E-state index >= 15 is 0 Å². The summed E-state index contributed by atoms with van der Waals surface area (Å²) in [5, 5.41) is 8.65. The number of unbranched alkanes of at least 4 members (excludes halogenated alkanes) is 8. The van der Waals surface area contributed by atoms with Gasteiger partial charge in [-0.05, 0) is 56.0 Å². The molecule has 0 unspecified atom stereocenters. The molecule has 0 atom stereocenters. The molecule has 0 amide bonds. The maximum absolute atomic E-state index is 10.5. The second kappa shape index (κ2) is 14.3. The number of carbonyl (C=O) groups is 1. The van der Waals surface area contributed by atoms with Gasteiger partial charge in [-0.2, -0.15) is 0 Å². The van der Waals surface area contributed by atoms with Crippen LogP contribution in [0, 0.1) is 0 Å². The van der Waals surface area contributed by atoms with Crippen LogP contribution in [0.2, 0.25) is 0 Å². The quantitative estimate of drug-likeness (QED) is 0.219. The van der Waals surface area contributed by atoms with Crippen molar-refractivity contribution >= 4 is 17.8 Å². The van der Waals surface area contributed by atoms with E-state index in [1.165, 1.54) is 44.2 Å². The first-order valence-corrected chi connectivity index (χ1v) is 12.8. The molecule has 6 nitrogen and oxygen atoms in total. The van der Waals surface area contributed by atoms with Crippen molar-refractivity contribution in [3.05, 3.63) is 65.1 Å². The number of H-pyrrole nitrogens is 2. The molecule has 0 aliphatic carbocycles. The SMILES string of the molecule is CCCOC1=CC(c2ccc[nH]2)=NC1=Cc1ccc(CCCCCCCCCCCC(=O)O)[nH]1. The Balaban J connectivity index is 1.38. The Hall–Kier alpha value is -3.02. The van der Waals surface area contributed by atoms with Crippen LogP contribution >= 0.6 is 0 Å². The summed E-state index contributed by atoms with van der Waals surface area (Å²) in [6, 6.07) is 8.28. The molecule has 3 rings (SSSR count). The molecule has 3 N–H and O–H groups in total. The highest BCUT2D eigenvalue weighted by atomic mass is 16.5. The number of aryl methyl sites for hydroxylation is 1. The van der Waals surface area contributed by atoms with Crippen molar-refractivity contribution in [1.29, 1.82) is 0 Å².